The fraction of sp³-hybridized carbons (Fsp3) is 0.571. The van der Waals surface area contributed by atoms with Crippen LogP contribution in [0.2, 0.25) is 0 Å². The van der Waals surface area contributed by atoms with Crippen LogP contribution in [0.3, 0.4) is 0 Å². The third kappa shape index (κ3) is 1.88. The minimum Gasteiger partial charge on any atom is -0.467 e. The van der Waals surface area contributed by atoms with E-state index in [1.165, 1.54) is 7.11 Å². The van der Waals surface area contributed by atoms with Crippen molar-refractivity contribution in [2.45, 2.75) is 12.4 Å². The van der Waals surface area contributed by atoms with Gasteiger partial charge in [0, 0.05) is 13.2 Å². The van der Waals surface area contributed by atoms with E-state index in [1.54, 1.807) is 0 Å². The van der Waals surface area contributed by atoms with Crippen molar-refractivity contribution < 1.29 is 23.9 Å². The van der Waals surface area contributed by atoms with Crippen molar-refractivity contribution in [2.75, 3.05) is 14.2 Å². The molecule has 7 nitrogen and oxygen atoms in total. The number of nitrogens with zero attached hydrogens (tertiary/aromatic N) is 1. The first-order chi connectivity index (χ1) is 6.60. The number of nitro groups is 1. The third-order valence-corrected chi connectivity index (χ3v) is 1.70. The van der Waals surface area contributed by atoms with Gasteiger partial charge in [-0.3, -0.25) is 10.1 Å². The van der Waals surface area contributed by atoms with Gasteiger partial charge in [0.05, 0.1) is 12.0 Å². The molecule has 2 atom stereocenters. The average Bonchev–Trinajstić information content (AvgIpc) is 2.60. The van der Waals surface area contributed by atoms with E-state index in [9.17, 15) is 14.9 Å². The van der Waals surface area contributed by atoms with Crippen molar-refractivity contribution in [1.29, 1.82) is 0 Å². The lowest BCUT2D eigenvalue weighted by Gasteiger charge is -2.09. The Morgan fingerprint density at radius 2 is 2.29 bits per heavy atom. The topological polar surface area (TPSA) is 87.9 Å². The highest BCUT2D eigenvalue weighted by molar-refractivity contribution is 5.78. The van der Waals surface area contributed by atoms with Crippen molar-refractivity contribution in [3.63, 3.8) is 0 Å². The Balaban J connectivity index is 2.84. The summed E-state index contributed by atoms with van der Waals surface area (Å²) in [5, 5.41) is 10.5. The van der Waals surface area contributed by atoms with Gasteiger partial charge in [-0.1, -0.05) is 0 Å². The number of esters is 1. The molecular weight excluding hydrogens is 194 g/mol. The summed E-state index contributed by atoms with van der Waals surface area (Å²) in [5.41, 5.74) is -0.358. The largest absolute Gasteiger partial charge is 0.467 e. The summed E-state index contributed by atoms with van der Waals surface area (Å²) in [7, 11) is 2.45. The summed E-state index contributed by atoms with van der Waals surface area (Å²) in [6.45, 7) is 0. The average molecular weight is 203 g/mol. The van der Waals surface area contributed by atoms with Crippen LogP contribution >= 0.6 is 0 Å². The molecule has 0 fully saturated rings. The molecule has 7 heteroatoms. The Hall–Kier alpha value is -1.47. The molecule has 0 aromatic heterocycles. The zero-order valence-electron chi connectivity index (χ0n) is 7.63. The standard InChI is InChI=1S/C7H9NO6/c1-12-5-3-4(8(10)11)6(14-5)7(9)13-2/h3,5-6H,1-2H3/t5-,6+/m1/s1. The highest BCUT2D eigenvalue weighted by Gasteiger charge is 2.41. The van der Waals surface area contributed by atoms with Crippen molar-refractivity contribution in [1.82, 2.24) is 0 Å². The summed E-state index contributed by atoms with van der Waals surface area (Å²) in [6.07, 6.45) is -1.05. The predicted octanol–water partition coefficient (Wildman–Crippen LogP) is -0.309. The molecule has 0 amide bonds. The molecule has 0 spiro atoms. The number of carbonyl (C=O) groups is 1. The molecule has 0 aliphatic carbocycles. The van der Waals surface area contributed by atoms with Crippen LogP contribution in [0.4, 0.5) is 0 Å². The van der Waals surface area contributed by atoms with E-state index in [0.29, 0.717) is 0 Å². The van der Waals surface area contributed by atoms with Crippen molar-refractivity contribution >= 4 is 5.97 Å². The Morgan fingerprint density at radius 1 is 1.64 bits per heavy atom. The second-order valence-electron chi connectivity index (χ2n) is 2.49. The van der Waals surface area contributed by atoms with Gasteiger partial charge in [-0.25, -0.2) is 4.79 Å². The van der Waals surface area contributed by atoms with Gasteiger partial charge in [0.1, 0.15) is 0 Å². The minimum absolute atomic E-state index is 0.358. The molecule has 0 aromatic rings. The molecule has 0 radical (unpaired) electrons. The molecule has 0 saturated carbocycles. The van der Waals surface area contributed by atoms with Crippen LogP contribution < -0.4 is 0 Å². The first kappa shape index (κ1) is 10.6. The second kappa shape index (κ2) is 4.16. The van der Waals surface area contributed by atoms with Gasteiger partial charge in [-0.05, 0) is 0 Å². The number of rotatable bonds is 3. The van der Waals surface area contributed by atoms with Crippen LogP contribution in [0, 0.1) is 10.1 Å². The van der Waals surface area contributed by atoms with Crippen LogP contribution in [0.25, 0.3) is 0 Å². The molecule has 0 saturated heterocycles. The maximum atomic E-state index is 11.0. The SMILES string of the molecule is COC(=O)[C@H]1O[C@@H](OC)C=C1[N+](=O)[O-]. The molecule has 1 heterocycles. The maximum Gasteiger partial charge on any atom is 0.346 e. The van der Waals surface area contributed by atoms with E-state index < -0.39 is 23.3 Å². The van der Waals surface area contributed by atoms with Gasteiger partial charge in [-0.2, -0.15) is 0 Å². The van der Waals surface area contributed by atoms with Gasteiger partial charge in [-0.15, -0.1) is 0 Å². The highest BCUT2D eigenvalue weighted by Crippen LogP contribution is 2.21. The molecule has 1 aliphatic heterocycles. The summed E-state index contributed by atoms with van der Waals surface area (Å²) in [6, 6.07) is 0. The zero-order valence-corrected chi connectivity index (χ0v) is 7.63. The maximum absolute atomic E-state index is 11.0. The molecule has 0 aromatic carbocycles. The number of hydrogen-bond acceptors (Lipinski definition) is 6. The summed E-state index contributed by atoms with van der Waals surface area (Å²) >= 11 is 0. The van der Waals surface area contributed by atoms with E-state index >= 15 is 0 Å². The highest BCUT2D eigenvalue weighted by atomic mass is 16.7. The van der Waals surface area contributed by atoms with E-state index in [0.717, 1.165) is 13.2 Å². The number of hydrogen-bond donors (Lipinski definition) is 0. The minimum atomic E-state index is -1.31. The van der Waals surface area contributed by atoms with Crippen LogP contribution in [-0.4, -0.2) is 37.5 Å². The Labute approximate surface area is 79.4 Å². The number of ether oxygens (including phenoxy) is 3. The summed E-state index contributed by atoms with van der Waals surface area (Å²) < 4.78 is 14.0. The van der Waals surface area contributed by atoms with Crippen LogP contribution in [0.5, 0.6) is 0 Å². The van der Waals surface area contributed by atoms with Crippen LogP contribution in [-0.2, 0) is 19.0 Å². The molecule has 0 unspecified atom stereocenters. The van der Waals surface area contributed by atoms with Gasteiger partial charge >= 0.3 is 5.97 Å². The van der Waals surface area contributed by atoms with Crippen molar-refractivity contribution in [3.8, 4) is 0 Å². The van der Waals surface area contributed by atoms with Crippen molar-refractivity contribution in [3.05, 3.63) is 21.9 Å². The second-order valence-corrected chi connectivity index (χ2v) is 2.49. The summed E-state index contributed by atoms with van der Waals surface area (Å²) in [4.78, 5) is 20.8. The molecule has 0 bridgehead atoms. The molecule has 78 valence electrons. The van der Waals surface area contributed by atoms with E-state index in [4.69, 9.17) is 9.47 Å². The Morgan fingerprint density at radius 3 is 2.71 bits per heavy atom. The van der Waals surface area contributed by atoms with Crippen molar-refractivity contribution in [2.24, 2.45) is 0 Å². The van der Waals surface area contributed by atoms with Gasteiger partial charge in [0.15, 0.2) is 6.29 Å². The third-order valence-electron chi connectivity index (χ3n) is 1.70. The molecular formula is C7H9NO6. The quantitative estimate of drug-likeness (QED) is 0.355. The number of carbonyl (C=O) groups excluding carboxylic acids is 1. The lowest BCUT2D eigenvalue weighted by molar-refractivity contribution is -0.432. The van der Waals surface area contributed by atoms with Crippen LogP contribution in [0.15, 0.2) is 11.8 Å². The molecule has 1 rings (SSSR count). The number of methoxy groups -OCH3 is 2. The molecule has 0 N–H and O–H groups in total. The first-order valence-corrected chi connectivity index (χ1v) is 3.72. The zero-order chi connectivity index (χ0) is 10.7. The molecule has 1 aliphatic rings. The Kier molecular flexibility index (Phi) is 3.15. The van der Waals surface area contributed by atoms with Gasteiger partial charge < -0.3 is 14.2 Å². The smallest absolute Gasteiger partial charge is 0.346 e. The normalized spacial score (nSPS) is 25.7. The molecule has 14 heavy (non-hydrogen) atoms. The van der Waals surface area contributed by atoms with E-state index in [1.807, 2.05) is 0 Å². The predicted molar refractivity (Wildman–Crippen MR) is 42.8 cm³/mol. The Bertz CT molecular complexity index is 286. The van der Waals surface area contributed by atoms with Crippen LogP contribution in [0.1, 0.15) is 0 Å². The monoisotopic (exact) mass is 203 g/mol. The fourth-order valence-corrected chi connectivity index (χ4v) is 1.03. The summed E-state index contributed by atoms with van der Waals surface area (Å²) in [5.74, 6) is -0.813. The van der Waals surface area contributed by atoms with Gasteiger partial charge in [0.2, 0.25) is 6.10 Å². The lowest BCUT2D eigenvalue weighted by Crippen LogP contribution is -2.28. The lowest BCUT2D eigenvalue weighted by atomic mass is 10.3. The van der Waals surface area contributed by atoms with E-state index in [-0.39, 0.29) is 5.70 Å². The van der Waals surface area contributed by atoms with E-state index in [2.05, 4.69) is 4.74 Å². The fourth-order valence-electron chi connectivity index (χ4n) is 1.03. The van der Waals surface area contributed by atoms with Gasteiger partial charge in [0.25, 0.3) is 5.70 Å². The first-order valence-electron chi connectivity index (χ1n) is 3.72.